The highest BCUT2D eigenvalue weighted by Crippen LogP contribution is 2.24. The molecular formula is C10H13NS. The minimum absolute atomic E-state index is 0.359. The normalized spacial score (nSPS) is 19.2. The average molecular weight is 179 g/mol. The van der Waals surface area contributed by atoms with Crippen LogP contribution in [0.25, 0.3) is 0 Å². The van der Waals surface area contributed by atoms with Crippen LogP contribution in [0.2, 0.25) is 0 Å². The van der Waals surface area contributed by atoms with Gasteiger partial charge in [0.25, 0.3) is 0 Å². The number of rotatable bonds is 1. The number of thiol groups is 1. The van der Waals surface area contributed by atoms with Crippen molar-refractivity contribution in [2.75, 3.05) is 0 Å². The van der Waals surface area contributed by atoms with E-state index in [2.05, 4.69) is 48.7 Å². The van der Waals surface area contributed by atoms with Gasteiger partial charge in [-0.15, -0.1) is 0 Å². The second-order valence-electron chi connectivity index (χ2n) is 3.31. The van der Waals surface area contributed by atoms with Crippen molar-refractivity contribution in [3.63, 3.8) is 0 Å². The second kappa shape index (κ2) is 3.11. The fraction of sp³-hybridized carbons (Fsp3) is 0.400. The Bertz CT molecular complexity index is 258. The average Bonchev–Trinajstić information content (AvgIpc) is 2.46. The molecule has 0 amide bonds. The Hall–Kier alpha value is -0.470. The Balaban J connectivity index is 2.22. The fourth-order valence-corrected chi connectivity index (χ4v) is 1.79. The van der Waals surface area contributed by atoms with Crippen molar-refractivity contribution in [3.05, 3.63) is 35.4 Å². The number of benzene rings is 1. The zero-order valence-electron chi connectivity index (χ0n) is 7.20. The Labute approximate surface area is 78.8 Å². The largest absolute Gasteiger partial charge is 0.283 e. The third-order valence-corrected chi connectivity index (χ3v) is 2.72. The first-order valence-corrected chi connectivity index (χ1v) is 4.78. The minimum atomic E-state index is 0.359. The van der Waals surface area contributed by atoms with Gasteiger partial charge >= 0.3 is 0 Å². The van der Waals surface area contributed by atoms with Gasteiger partial charge in [-0.3, -0.25) is 4.90 Å². The molecule has 0 fully saturated rings. The molecule has 64 valence electrons. The van der Waals surface area contributed by atoms with E-state index in [1.165, 1.54) is 11.1 Å². The van der Waals surface area contributed by atoms with Crippen molar-refractivity contribution in [3.8, 4) is 0 Å². The maximum Gasteiger partial charge on any atom is 0.0506 e. The quantitative estimate of drug-likeness (QED) is 0.647. The fourth-order valence-electron chi connectivity index (χ4n) is 1.62. The van der Waals surface area contributed by atoms with E-state index in [9.17, 15) is 0 Å². The molecule has 1 unspecified atom stereocenters. The van der Waals surface area contributed by atoms with Crippen LogP contribution in [0.4, 0.5) is 0 Å². The molecule has 0 aromatic heterocycles. The summed E-state index contributed by atoms with van der Waals surface area (Å²) in [6.45, 7) is 4.23. The Morgan fingerprint density at radius 1 is 1.25 bits per heavy atom. The topological polar surface area (TPSA) is 3.24 Å². The van der Waals surface area contributed by atoms with Crippen LogP contribution in [-0.2, 0) is 13.1 Å². The van der Waals surface area contributed by atoms with Gasteiger partial charge in [-0.25, -0.2) is 0 Å². The van der Waals surface area contributed by atoms with Gasteiger partial charge < -0.3 is 0 Å². The molecule has 1 aromatic carbocycles. The Morgan fingerprint density at radius 2 is 1.75 bits per heavy atom. The van der Waals surface area contributed by atoms with Gasteiger partial charge in [0.05, 0.1) is 5.37 Å². The van der Waals surface area contributed by atoms with Crippen molar-refractivity contribution >= 4 is 12.6 Å². The summed E-state index contributed by atoms with van der Waals surface area (Å²) < 4.78 is 0. The van der Waals surface area contributed by atoms with Crippen molar-refractivity contribution in [2.45, 2.75) is 25.4 Å². The highest BCUT2D eigenvalue weighted by atomic mass is 32.1. The zero-order valence-corrected chi connectivity index (χ0v) is 8.09. The van der Waals surface area contributed by atoms with Gasteiger partial charge in [0.15, 0.2) is 0 Å². The van der Waals surface area contributed by atoms with E-state index in [0.29, 0.717) is 5.37 Å². The maximum atomic E-state index is 4.42. The molecule has 0 saturated heterocycles. The summed E-state index contributed by atoms with van der Waals surface area (Å²) in [5, 5.41) is 0.359. The molecule has 0 bridgehead atoms. The monoisotopic (exact) mass is 179 g/mol. The molecule has 0 N–H and O–H groups in total. The van der Waals surface area contributed by atoms with Crippen molar-refractivity contribution < 1.29 is 0 Å². The van der Waals surface area contributed by atoms with E-state index >= 15 is 0 Å². The van der Waals surface area contributed by atoms with E-state index in [-0.39, 0.29) is 0 Å². The molecule has 1 atom stereocenters. The van der Waals surface area contributed by atoms with Crippen LogP contribution in [0.3, 0.4) is 0 Å². The lowest BCUT2D eigenvalue weighted by Crippen LogP contribution is -2.22. The Kier molecular flexibility index (Phi) is 2.11. The molecule has 12 heavy (non-hydrogen) atoms. The third-order valence-electron chi connectivity index (χ3n) is 2.39. The molecule has 0 radical (unpaired) electrons. The molecule has 1 aliphatic rings. The molecule has 2 heteroatoms. The molecule has 1 heterocycles. The van der Waals surface area contributed by atoms with Gasteiger partial charge in [0, 0.05) is 13.1 Å². The zero-order chi connectivity index (χ0) is 8.55. The van der Waals surface area contributed by atoms with Crippen LogP contribution in [0.1, 0.15) is 18.1 Å². The summed E-state index contributed by atoms with van der Waals surface area (Å²) in [6, 6.07) is 8.61. The smallest absolute Gasteiger partial charge is 0.0506 e. The van der Waals surface area contributed by atoms with Crippen molar-refractivity contribution in [1.29, 1.82) is 0 Å². The van der Waals surface area contributed by atoms with E-state index in [4.69, 9.17) is 0 Å². The van der Waals surface area contributed by atoms with E-state index in [1.54, 1.807) is 0 Å². The molecule has 1 aromatic rings. The van der Waals surface area contributed by atoms with Gasteiger partial charge in [0.2, 0.25) is 0 Å². The van der Waals surface area contributed by atoms with Gasteiger partial charge in [-0.1, -0.05) is 24.3 Å². The molecule has 2 rings (SSSR count). The molecule has 1 nitrogen and oxygen atoms in total. The first kappa shape index (κ1) is 8.14. The van der Waals surface area contributed by atoms with Crippen LogP contribution in [0.15, 0.2) is 24.3 Å². The van der Waals surface area contributed by atoms with Crippen LogP contribution < -0.4 is 0 Å². The second-order valence-corrected chi connectivity index (χ2v) is 4.05. The summed E-state index contributed by atoms with van der Waals surface area (Å²) in [6.07, 6.45) is 0. The van der Waals surface area contributed by atoms with Crippen LogP contribution >= 0.6 is 12.6 Å². The molecule has 1 aliphatic heterocycles. The van der Waals surface area contributed by atoms with Gasteiger partial charge in [-0.2, -0.15) is 12.6 Å². The highest BCUT2D eigenvalue weighted by Gasteiger charge is 2.20. The van der Waals surface area contributed by atoms with E-state index in [0.717, 1.165) is 13.1 Å². The predicted molar refractivity (Wildman–Crippen MR) is 54.1 cm³/mol. The van der Waals surface area contributed by atoms with Crippen LogP contribution in [-0.4, -0.2) is 10.3 Å². The summed E-state index contributed by atoms with van der Waals surface area (Å²) in [5.41, 5.74) is 2.91. The first-order valence-electron chi connectivity index (χ1n) is 4.26. The maximum absolute atomic E-state index is 4.42. The minimum Gasteiger partial charge on any atom is -0.283 e. The van der Waals surface area contributed by atoms with E-state index < -0.39 is 0 Å². The molecule has 0 spiro atoms. The van der Waals surface area contributed by atoms with Crippen molar-refractivity contribution in [1.82, 2.24) is 4.90 Å². The summed E-state index contributed by atoms with van der Waals surface area (Å²) in [5.74, 6) is 0. The standard InChI is InChI=1S/C10H13NS/c1-8(12)11-6-9-4-2-3-5-10(9)7-11/h2-5,8,12H,6-7H2,1H3. The van der Waals surface area contributed by atoms with Crippen molar-refractivity contribution in [2.24, 2.45) is 0 Å². The lowest BCUT2D eigenvalue weighted by molar-refractivity contribution is 0.278. The Morgan fingerprint density at radius 3 is 2.17 bits per heavy atom. The van der Waals surface area contributed by atoms with E-state index in [1.807, 2.05) is 0 Å². The number of nitrogens with zero attached hydrogens (tertiary/aromatic N) is 1. The number of hydrogen-bond acceptors (Lipinski definition) is 2. The molecule has 0 aliphatic carbocycles. The van der Waals surface area contributed by atoms with Gasteiger partial charge in [0.1, 0.15) is 0 Å². The third kappa shape index (κ3) is 1.37. The lowest BCUT2D eigenvalue weighted by atomic mass is 10.1. The summed E-state index contributed by atoms with van der Waals surface area (Å²) in [4.78, 5) is 2.35. The highest BCUT2D eigenvalue weighted by molar-refractivity contribution is 7.80. The first-order chi connectivity index (χ1) is 5.77. The predicted octanol–water partition coefficient (Wildman–Crippen LogP) is 2.28. The van der Waals surface area contributed by atoms with Crippen LogP contribution in [0.5, 0.6) is 0 Å². The number of hydrogen-bond donors (Lipinski definition) is 1. The summed E-state index contributed by atoms with van der Waals surface area (Å²) in [7, 11) is 0. The lowest BCUT2D eigenvalue weighted by Gasteiger charge is -2.17. The van der Waals surface area contributed by atoms with Gasteiger partial charge in [-0.05, 0) is 18.1 Å². The molecular weight excluding hydrogens is 166 g/mol. The van der Waals surface area contributed by atoms with Crippen LogP contribution in [0, 0.1) is 0 Å². The number of fused-ring (bicyclic) bond motifs is 1. The SMILES string of the molecule is CC(S)N1Cc2ccccc2C1. The molecule has 0 saturated carbocycles. The summed E-state index contributed by atoms with van der Waals surface area (Å²) >= 11 is 4.42.